The second-order valence-electron chi connectivity index (χ2n) is 7.21. The maximum Gasteiger partial charge on any atom is 0.180 e. The molecule has 1 heterocycles. The second-order valence-corrected chi connectivity index (χ2v) is 9.68. The third kappa shape index (κ3) is 3.85. The Morgan fingerprint density at radius 2 is 1.88 bits per heavy atom. The van der Waals surface area contributed by atoms with Crippen molar-refractivity contribution in [3.63, 3.8) is 0 Å². The number of nitrogens with one attached hydrogen (secondary N) is 1. The largest absolute Gasteiger partial charge is 0.300 e. The van der Waals surface area contributed by atoms with Gasteiger partial charge in [0.2, 0.25) is 0 Å². The molecule has 140 valence electrons. The van der Waals surface area contributed by atoms with Gasteiger partial charge in [-0.15, -0.1) is 12.6 Å². The number of sulfone groups is 1. The Bertz CT molecular complexity index is 865. The number of hydrogen-bond acceptors (Lipinski definition) is 4. The SMILES string of the molecule is CCCC[C@]1(CC)CS(=O)(=O)c2cc(S)ccc2[C@H](c2ccccc2)N1. The third-order valence-corrected chi connectivity index (χ3v) is 7.61. The van der Waals surface area contributed by atoms with Crippen molar-refractivity contribution in [3.05, 3.63) is 59.7 Å². The molecule has 26 heavy (non-hydrogen) atoms. The summed E-state index contributed by atoms with van der Waals surface area (Å²) in [7, 11) is -3.40. The molecule has 2 atom stereocenters. The zero-order valence-corrected chi connectivity index (χ0v) is 17.1. The lowest BCUT2D eigenvalue weighted by atomic mass is 9.88. The second kappa shape index (κ2) is 7.75. The fraction of sp³-hybridized carbons (Fsp3) is 0.429. The van der Waals surface area contributed by atoms with E-state index in [0.29, 0.717) is 9.79 Å². The van der Waals surface area contributed by atoms with E-state index in [-0.39, 0.29) is 11.8 Å². The molecule has 1 aliphatic rings. The van der Waals surface area contributed by atoms with E-state index >= 15 is 0 Å². The van der Waals surface area contributed by atoms with E-state index in [1.54, 1.807) is 6.07 Å². The van der Waals surface area contributed by atoms with Crippen molar-refractivity contribution < 1.29 is 8.42 Å². The minimum absolute atomic E-state index is 0.129. The Kier molecular flexibility index (Phi) is 5.80. The highest BCUT2D eigenvalue weighted by Gasteiger charge is 2.41. The first-order valence-electron chi connectivity index (χ1n) is 9.29. The molecule has 5 heteroatoms. The summed E-state index contributed by atoms with van der Waals surface area (Å²) in [6.07, 6.45) is 3.68. The lowest BCUT2D eigenvalue weighted by Gasteiger charge is -2.35. The van der Waals surface area contributed by atoms with Crippen LogP contribution in [0.3, 0.4) is 0 Å². The molecular formula is C21H27NO2S2. The van der Waals surface area contributed by atoms with Crippen LogP contribution in [0, 0.1) is 0 Å². The van der Waals surface area contributed by atoms with Crippen molar-refractivity contribution in [2.24, 2.45) is 0 Å². The molecule has 0 bridgehead atoms. The van der Waals surface area contributed by atoms with Gasteiger partial charge in [0.1, 0.15) is 0 Å². The van der Waals surface area contributed by atoms with Gasteiger partial charge in [0.05, 0.1) is 16.7 Å². The highest BCUT2D eigenvalue weighted by Crippen LogP contribution is 2.38. The number of unbranched alkanes of at least 4 members (excludes halogenated alkanes) is 1. The predicted molar refractivity (Wildman–Crippen MR) is 110 cm³/mol. The lowest BCUT2D eigenvalue weighted by molar-refractivity contribution is 0.295. The molecule has 0 saturated carbocycles. The zero-order chi connectivity index (χ0) is 18.8. The Morgan fingerprint density at radius 3 is 2.54 bits per heavy atom. The van der Waals surface area contributed by atoms with Crippen LogP contribution in [0.25, 0.3) is 0 Å². The highest BCUT2D eigenvalue weighted by atomic mass is 32.2. The zero-order valence-electron chi connectivity index (χ0n) is 15.4. The molecule has 1 aliphatic heterocycles. The Hall–Kier alpha value is -1.30. The molecule has 0 aliphatic carbocycles. The number of hydrogen-bond donors (Lipinski definition) is 2. The van der Waals surface area contributed by atoms with E-state index in [9.17, 15) is 8.42 Å². The summed E-state index contributed by atoms with van der Waals surface area (Å²) >= 11 is 4.39. The van der Waals surface area contributed by atoms with Crippen LogP contribution in [0.15, 0.2) is 58.3 Å². The van der Waals surface area contributed by atoms with Gasteiger partial charge >= 0.3 is 0 Å². The average Bonchev–Trinajstić information content (AvgIpc) is 2.74. The van der Waals surface area contributed by atoms with Gasteiger partial charge in [-0.25, -0.2) is 8.42 Å². The van der Waals surface area contributed by atoms with Crippen LogP contribution in [0.5, 0.6) is 0 Å². The van der Waals surface area contributed by atoms with Gasteiger partial charge < -0.3 is 0 Å². The molecule has 0 spiro atoms. The highest BCUT2D eigenvalue weighted by molar-refractivity contribution is 7.91. The minimum atomic E-state index is -3.40. The number of thiol groups is 1. The summed E-state index contributed by atoms with van der Waals surface area (Å²) in [5.74, 6) is 0.129. The average molecular weight is 390 g/mol. The summed E-state index contributed by atoms with van der Waals surface area (Å²) in [4.78, 5) is 1.09. The first-order valence-corrected chi connectivity index (χ1v) is 11.4. The van der Waals surface area contributed by atoms with Crippen LogP contribution in [0.1, 0.15) is 56.7 Å². The van der Waals surface area contributed by atoms with Crippen LogP contribution in [-0.4, -0.2) is 19.7 Å². The molecule has 3 rings (SSSR count). The van der Waals surface area contributed by atoms with Crippen LogP contribution in [-0.2, 0) is 9.84 Å². The summed E-state index contributed by atoms with van der Waals surface area (Å²) in [6, 6.07) is 15.5. The van der Waals surface area contributed by atoms with Crippen molar-refractivity contribution >= 4 is 22.5 Å². The third-order valence-electron chi connectivity index (χ3n) is 5.38. The van der Waals surface area contributed by atoms with E-state index in [4.69, 9.17) is 0 Å². The molecule has 0 aromatic heterocycles. The Balaban J connectivity index is 2.20. The number of rotatable bonds is 5. The van der Waals surface area contributed by atoms with Gasteiger partial charge in [-0.05, 0) is 36.1 Å². The maximum absolute atomic E-state index is 13.3. The van der Waals surface area contributed by atoms with Crippen LogP contribution in [0.4, 0.5) is 0 Å². The number of fused-ring (bicyclic) bond motifs is 1. The van der Waals surface area contributed by atoms with E-state index in [2.05, 4.69) is 43.9 Å². The van der Waals surface area contributed by atoms with Crippen molar-refractivity contribution in [1.82, 2.24) is 5.32 Å². The van der Waals surface area contributed by atoms with E-state index in [0.717, 1.165) is 36.8 Å². The summed E-state index contributed by atoms with van der Waals surface area (Å²) in [5.41, 5.74) is 1.48. The van der Waals surface area contributed by atoms with E-state index in [1.165, 1.54) is 0 Å². The first kappa shape index (κ1) is 19.5. The van der Waals surface area contributed by atoms with Gasteiger partial charge in [0.15, 0.2) is 9.84 Å². The first-order chi connectivity index (χ1) is 12.4. The van der Waals surface area contributed by atoms with Crippen molar-refractivity contribution in [2.45, 2.75) is 60.9 Å². The molecule has 0 unspecified atom stereocenters. The van der Waals surface area contributed by atoms with E-state index < -0.39 is 15.4 Å². The van der Waals surface area contributed by atoms with Crippen LogP contribution >= 0.6 is 12.6 Å². The van der Waals surface area contributed by atoms with Gasteiger partial charge in [-0.2, -0.15) is 0 Å². The monoisotopic (exact) mass is 389 g/mol. The van der Waals surface area contributed by atoms with Crippen molar-refractivity contribution in [3.8, 4) is 0 Å². The summed E-state index contributed by atoms with van der Waals surface area (Å²) < 4.78 is 26.6. The lowest BCUT2D eigenvalue weighted by Crippen LogP contribution is -2.50. The Morgan fingerprint density at radius 1 is 1.15 bits per heavy atom. The summed E-state index contributed by atoms with van der Waals surface area (Å²) in [6.45, 7) is 4.23. The Labute approximate surface area is 162 Å². The molecule has 0 saturated heterocycles. The molecule has 1 N–H and O–H groups in total. The molecule has 3 nitrogen and oxygen atoms in total. The fourth-order valence-electron chi connectivity index (χ4n) is 3.85. The molecule has 2 aromatic rings. The molecule has 0 radical (unpaired) electrons. The number of benzene rings is 2. The van der Waals surface area contributed by atoms with Gasteiger partial charge in [-0.3, -0.25) is 5.32 Å². The van der Waals surface area contributed by atoms with E-state index in [1.807, 2.05) is 30.3 Å². The van der Waals surface area contributed by atoms with Gasteiger partial charge in [0, 0.05) is 10.4 Å². The van der Waals surface area contributed by atoms with Crippen LogP contribution in [0.2, 0.25) is 0 Å². The minimum Gasteiger partial charge on any atom is -0.300 e. The van der Waals surface area contributed by atoms with Gasteiger partial charge in [-0.1, -0.05) is 63.1 Å². The molecular weight excluding hydrogens is 362 g/mol. The molecule has 0 fully saturated rings. The topological polar surface area (TPSA) is 46.2 Å². The molecule has 2 aromatic carbocycles. The van der Waals surface area contributed by atoms with Crippen molar-refractivity contribution in [1.29, 1.82) is 0 Å². The normalized spacial score (nSPS) is 24.7. The smallest absolute Gasteiger partial charge is 0.180 e. The van der Waals surface area contributed by atoms with Gasteiger partial charge in [0.25, 0.3) is 0 Å². The summed E-state index contributed by atoms with van der Waals surface area (Å²) in [5, 5.41) is 3.76. The van der Waals surface area contributed by atoms with Crippen LogP contribution < -0.4 is 5.32 Å². The standard InChI is InChI=1S/C21H27NO2S2/c1-3-5-13-21(4-2)15-26(23,24)19-14-17(25)11-12-18(19)20(22-21)16-9-7-6-8-10-16/h6-12,14,20,22,25H,3-5,13,15H2,1-2H3/t20-,21+/m0/s1. The maximum atomic E-state index is 13.3. The predicted octanol–water partition coefficient (Wildman–Crippen LogP) is 4.78. The fourth-order valence-corrected chi connectivity index (χ4v) is 6.30. The van der Waals surface area contributed by atoms with Crippen molar-refractivity contribution in [2.75, 3.05) is 5.75 Å². The molecule has 0 amide bonds. The quantitative estimate of drug-likeness (QED) is 0.724.